The minimum Gasteiger partial charge on any atom is -0.368 e. The second-order valence-corrected chi connectivity index (χ2v) is 5.51. The Morgan fingerprint density at radius 3 is 3.00 bits per heavy atom. The molecule has 98 valence electrons. The quantitative estimate of drug-likeness (QED) is 0.857. The summed E-state index contributed by atoms with van der Waals surface area (Å²) < 4.78 is 0. The van der Waals surface area contributed by atoms with Crippen molar-refractivity contribution in [1.82, 2.24) is 15.5 Å². The molecule has 0 unspecified atom stereocenters. The van der Waals surface area contributed by atoms with E-state index in [1.807, 2.05) is 0 Å². The standard InChI is InChI=1S/C14H22N4/c1-2-4-11(5-3-1)9-16-14-8-12-6-7-15-10-13(12)17-18-14/h8,11,15H,1-7,9-10H2,(H,16,18). The van der Waals surface area contributed by atoms with Crippen LogP contribution in [-0.4, -0.2) is 23.3 Å². The lowest BCUT2D eigenvalue weighted by Crippen LogP contribution is -2.25. The first-order valence-corrected chi connectivity index (χ1v) is 7.22. The highest BCUT2D eigenvalue weighted by Crippen LogP contribution is 2.24. The molecule has 2 heterocycles. The summed E-state index contributed by atoms with van der Waals surface area (Å²) in [6.07, 6.45) is 8.03. The molecule has 1 saturated carbocycles. The maximum Gasteiger partial charge on any atom is 0.148 e. The molecule has 0 radical (unpaired) electrons. The van der Waals surface area contributed by atoms with Crippen LogP contribution in [0.4, 0.5) is 5.82 Å². The van der Waals surface area contributed by atoms with Crippen LogP contribution in [0.1, 0.15) is 43.4 Å². The van der Waals surface area contributed by atoms with E-state index in [-0.39, 0.29) is 0 Å². The summed E-state index contributed by atoms with van der Waals surface area (Å²) in [5.74, 6) is 1.79. The predicted molar refractivity (Wildman–Crippen MR) is 72.5 cm³/mol. The zero-order chi connectivity index (χ0) is 12.2. The van der Waals surface area contributed by atoms with Crippen molar-refractivity contribution >= 4 is 5.82 Å². The van der Waals surface area contributed by atoms with Crippen LogP contribution in [0.3, 0.4) is 0 Å². The summed E-state index contributed by atoms with van der Waals surface area (Å²) in [7, 11) is 0. The van der Waals surface area contributed by atoms with E-state index in [4.69, 9.17) is 0 Å². The molecule has 0 amide bonds. The van der Waals surface area contributed by atoms with E-state index in [9.17, 15) is 0 Å². The number of hydrogen-bond acceptors (Lipinski definition) is 4. The van der Waals surface area contributed by atoms with Gasteiger partial charge in [-0.05, 0) is 43.4 Å². The first-order valence-electron chi connectivity index (χ1n) is 7.22. The average Bonchev–Trinajstić information content (AvgIpc) is 2.46. The van der Waals surface area contributed by atoms with Gasteiger partial charge in [-0.2, -0.15) is 5.10 Å². The van der Waals surface area contributed by atoms with Gasteiger partial charge in [0.05, 0.1) is 5.69 Å². The van der Waals surface area contributed by atoms with Crippen LogP contribution in [0.15, 0.2) is 6.07 Å². The molecular formula is C14H22N4. The highest BCUT2D eigenvalue weighted by Gasteiger charge is 2.14. The summed E-state index contributed by atoms with van der Waals surface area (Å²) >= 11 is 0. The molecule has 1 fully saturated rings. The van der Waals surface area contributed by atoms with Crippen LogP contribution >= 0.6 is 0 Å². The minimum atomic E-state index is 0.832. The lowest BCUT2D eigenvalue weighted by Gasteiger charge is -2.22. The van der Waals surface area contributed by atoms with Crippen LogP contribution in [-0.2, 0) is 13.0 Å². The van der Waals surface area contributed by atoms with E-state index < -0.39 is 0 Å². The summed E-state index contributed by atoms with van der Waals surface area (Å²) in [6, 6.07) is 2.19. The molecule has 2 N–H and O–H groups in total. The molecule has 18 heavy (non-hydrogen) atoms. The van der Waals surface area contributed by atoms with Crippen molar-refractivity contribution in [3.05, 3.63) is 17.3 Å². The number of rotatable bonds is 3. The fourth-order valence-electron chi connectivity index (χ4n) is 2.98. The van der Waals surface area contributed by atoms with Crippen molar-refractivity contribution in [2.75, 3.05) is 18.4 Å². The molecule has 4 nitrogen and oxygen atoms in total. The Morgan fingerprint density at radius 1 is 1.22 bits per heavy atom. The fourth-order valence-corrected chi connectivity index (χ4v) is 2.98. The maximum absolute atomic E-state index is 4.31. The predicted octanol–water partition coefficient (Wildman–Crippen LogP) is 2.11. The summed E-state index contributed by atoms with van der Waals surface area (Å²) in [6.45, 7) is 2.98. The molecule has 0 saturated heterocycles. The molecule has 1 aliphatic carbocycles. The maximum atomic E-state index is 4.31. The Balaban J connectivity index is 1.58. The highest BCUT2D eigenvalue weighted by molar-refractivity contribution is 5.39. The Kier molecular flexibility index (Phi) is 3.74. The fraction of sp³-hybridized carbons (Fsp3) is 0.714. The molecule has 1 aromatic rings. The van der Waals surface area contributed by atoms with Gasteiger partial charge in [-0.1, -0.05) is 19.3 Å². The van der Waals surface area contributed by atoms with Gasteiger partial charge in [0.1, 0.15) is 5.82 Å². The second-order valence-electron chi connectivity index (χ2n) is 5.51. The van der Waals surface area contributed by atoms with Crippen LogP contribution < -0.4 is 10.6 Å². The number of anilines is 1. The van der Waals surface area contributed by atoms with Gasteiger partial charge in [0.25, 0.3) is 0 Å². The van der Waals surface area contributed by atoms with Gasteiger partial charge in [0.15, 0.2) is 0 Å². The third kappa shape index (κ3) is 2.80. The van der Waals surface area contributed by atoms with Crippen LogP contribution in [0.2, 0.25) is 0 Å². The molecule has 3 rings (SSSR count). The van der Waals surface area contributed by atoms with E-state index in [0.717, 1.165) is 43.5 Å². The van der Waals surface area contributed by atoms with E-state index in [1.54, 1.807) is 0 Å². The number of nitrogens with zero attached hydrogens (tertiary/aromatic N) is 2. The Labute approximate surface area is 109 Å². The second kappa shape index (κ2) is 5.65. The molecular weight excluding hydrogens is 224 g/mol. The first kappa shape index (κ1) is 11.9. The monoisotopic (exact) mass is 246 g/mol. The summed E-state index contributed by atoms with van der Waals surface area (Å²) in [5, 5.41) is 15.4. The lowest BCUT2D eigenvalue weighted by molar-refractivity contribution is 0.373. The molecule has 1 aromatic heterocycles. The third-order valence-corrected chi connectivity index (χ3v) is 4.12. The largest absolute Gasteiger partial charge is 0.368 e. The Hall–Kier alpha value is -1.16. The highest BCUT2D eigenvalue weighted by atomic mass is 15.2. The smallest absolute Gasteiger partial charge is 0.148 e. The zero-order valence-electron chi connectivity index (χ0n) is 10.9. The van der Waals surface area contributed by atoms with Crippen molar-refractivity contribution in [3.8, 4) is 0 Å². The van der Waals surface area contributed by atoms with Crippen molar-refractivity contribution < 1.29 is 0 Å². The van der Waals surface area contributed by atoms with Gasteiger partial charge >= 0.3 is 0 Å². The van der Waals surface area contributed by atoms with E-state index >= 15 is 0 Å². The zero-order valence-corrected chi connectivity index (χ0v) is 10.9. The molecule has 0 aromatic carbocycles. The number of hydrogen-bond donors (Lipinski definition) is 2. The molecule has 0 bridgehead atoms. The van der Waals surface area contributed by atoms with Gasteiger partial charge in [-0.3, -0.25) is 0 Å². The third-order valence-electron chi connectivity index (χ3n) is 4.12. The Bertz CT molecular complexity index is 399. The van der Waals surface area contributed by atoms with Crippen molar-refractivity contribution in [2.24, 2.45) is 5.92 Å². The minimum absolute atomic E-state index is 0.832. The average molecular weight is 246 g/mol. The van der Waals surface area contributed by atoms with Gasteiger partial charge < -0.3 is 10.6 Å². The normalized spacial score (nSPS) is 20.4. The van der Waals surface area contributed by atoms with Crippen molar-refractivity contribution in [3.63, 3.8) is 0 Å². The van der Waals surface area contributed by atoms with Crippen molar-refractivity contribution in [1.29, 1.82) is 0 Å². The number of nitrogens with one attached hydrogen (secondary N) is 2. The van der Waals surface area contributed by atoms with Crippen LogP contribution in [0, 0.1) is 5.92 Å². The number of aromatic nitrogens is 2. The van der Waals surface area contributed by atoms with E-state index in [2.05, 4.69) is 26.9 Å². The van der Waals surface area contributed by atoms with E-state index in [1.165, 1.54) is 37.7 Å². The summed E-state index contributed by atoms with van der Waals surface area (Å²) in [5.41, 5.74) is 2.47. The van der Waals surface area contributed by atoms with Gasteiger partial charge in [-0.25, -0.2) is 0 Å². The SMILES string of the molecule is c1c(NCC2CCCCC2)nnc2c1CCNC2. The first-order chi connectivity index (χ1) is 8.92. The van der Waals surface area contributed by atoms with E-state index in [0.29, 0.717) is 0 Å². The van der Waals surface area contributed by atoms with Gasteiger partial charge in [0, 0.05) is 13.1 Å². The Morgan fingerprint density at radius 2 is 2.11 bits per heavy atom. The molecule has 0 atom stereocenters. The van der Waals surface area contributed by atoms with Crippen LogP contribution in [0.25, 0.3) is 0 Å². The molecule has 2 aliphatic rings. The summed E-state index contributed by atoms with van der Waals surface area (Å²) in [4.78, 5) is 0. The molecule has 4 heteroatoms. The lowest BCUT2D eigenvalue weighted by atomic mass is 9.89. The number of fused-ring (bicyclic) bond motifs is 1. The van der Waals surface area contributed by atoms with Gasteiger partial charge in [0.2, 0.25) is 0 Å². The van der Waals surface area contributed by atoms with Crippen LogP contribution in [0.5, 0.6) is 0 Å². The topological polar surface area (TPSA) is 49.8 Å². The molecule has 1 aliphatic heterocycles. The van der Waals surface area contributed by atoms with Crippen molar-refractivity contribution in [2.45, 2.75) is 45.1 Å². The molecule has 0 spiro atoms. The van der Waals surface area contributed by atoms with Gasteiger partial charge in [-0.15, -0.1) is 5.10 Å².